The van der Waals surface area contributed by atoms with E-state index in [1.807, 2.05) is 13.0 Å². The van der Waals surface area contributed by atoms with Crippen LogP contribution in [-0.2, 0) is 6.32 Å². The van der Waals surface area contributed by atoms with Crippen molar-refractivity contribution in [3.63, 3.8) is 0 Å². The molecule has 0 aliphatic heterocycles. The lowest BCUT2D eigenvalue weighted by Crippen LogP contribution is -2.20. The summed E-state index contributed by atoms with van der Waals surface area (Å²) in [5, 5.41) is 0. The summed E-state index contributed by atoms with van der Waals surface area (Å²) in [6.07, 6.45) is 0.838. The summed E-state index contributed by atoms with van der Waals surface area (Å²) < 4.78 is 13.1. The summed E-state index contributed by atoms with van der Waals surface area (Å²) >= 11 is 0. The molecule has 86 valence electrons. The minimum atomic E-state index is -0.175. The van der Waals surface area contributed by atoms with Crippen LogP contribution in [0.4, 0.5) is 4.39 Å². The van der Waals surface area contributed by atoms with Crippen molar-refractivity contribution in [3.8, 4) is 0 Å². The predicted octanol–water partition coefficient (Wildman–Crippen LogP) is 2.97. The zero-order valence-electron chi connectivity index (χ0n) is 10.2. The van der Waals surface area contributed by atoms with Gasteiger partial charge in [-0.2, -0.15) is 0 Å². The molecule has 17 heavy (non-hydrogen) atoms. The Morgan fingerprint density at radius 2 is 1.71 bits per heavy atom. The van der Waals surface area contributed by atoms with Crippen molar-refractivity contribution in [2.75, 3.05) is 0 Å². The highest BCUT2D eigenvalue weighted by Gasteiger charge is 1.91. The van der Waals surface area contributed by atoms with E-state index >= 15 is 0 Å². The molecule has 0 heterocycles. The van der Waals surface area contributed by atoms with Crippen LogP contribution in [0, 0.1) is 19.7 Å². The number of hydrogen-bond donors (Lipinski definition) is 0. The lowest BCUT2D eigenvalue weighted by Gasteiger charge is -2.19. The molecule has 2 rings (SSSR count). The van der Waals surface area contributed by atoms with E-state index in [1.165, 1.54) is 17.2 Å². The highest BCUT2D eigenvalue weighted by Crippen LogP contribution is 2.04. The van der Waals surface area contributed by atoms with Crippen LogP contribution in [0.3, 0.4) is 0 Å². The van der Waals surface area contributed by atoms with E-state index in [9.17, 15) is 4.39 Å². The van der Waals surface area contributed by atoms with Crippen LogP contribution in [0.1, 0.15) is 16.7 Å². The van der Waals surface area contributed by atoms with E-state index in [0.29, 0.717) is 0 Å². The van der Waals surface area contributed by atoms with Crippen molar-refractivity contribution >= 4 is 12.7 Å². The average Bonchev–Trinajstić information content (AvgIpc) is 2.32. The third-order valence-electron chi connectivity index (χ3n) is 2.92. The molecule has 0 atom stereocenters. The van der Waals surface area contributed by atoms with Crippen LogP contribution in [0.15, 0.2) is 42.5 Å². The van der Waals surface area contributed by atoms with Gasteiger partial charge < -0.3 is 0 Å². The van der Waals surface area contributed by atoms with Crippen molar-refractivity contribution in [2.24, 2.45) is 0 Å². The molecule has 0 aliphatic carbocycles. The number of rotatable bonds is 3. The molecule has 2 heteroatoms. The molecule has 0 aromatic heterocycles. The van der Waals surface area contributed by atoms with Crippen LogP contribution < -0.4 is 5.46 Å². The fourth-order valence-electron chi connectivity index (χ4n) is 1.78. The molecular weight excluding hydrogens is 210 g/mol. The summed E-state index contributed by atoms with van der Waals surface area (Å²) in [6, 6.07) is 13.3. The number of hydrogen-bond acceptors (Lipinski definition) is 0. The topological polar surface area (TPSA) is 0 Å². The zero-order valence-corrected chi connectivity index (χ0v) is 10.2. The van der Waals surface area contributed by atoms with Gasteiger partial charge >= 0.3 is 0 Å². The summed E-state index contributed by atoms with van der Waals surface area (Å²) in [4.78, 5) is 0. The Labute approximate surface area is 103 Å². The molecule has 0 saturated carbocycles. The Bertz CT molecular complexity index is 503. The third-order valence-corrected chi connectivity index (χ3v) is 2.92. The Balaban J connectivity index is 2.07. The first-order chi connectivity index (χ1) is 8.15. The average molecular weight is 225 g/mol. The van der Waals surface area contributed by atoms with Gasteiger partial charge in [0.05, 0.1) is 0 Å². The molecule has 0 fully saturated rings. The van der Waals surface area contributed by atoms with E-state index < -0.39 is 0 Å². The van der Waals surface area contributed by atoms with E-state index in [4.69, 9.17) is 0 Å². The fraction of sp³-hybridized carbons (Fsp3) is 0.200. The molecule has 0 bridgehead atoms. The van der Waals surface area contributed by atoms with Crippen LogP contribution in [0.25, 0.3) is 0 Å². The van der Waals surface area contributed by atoms with Crippen molar-refractivity contribution in [1.29, 1.82) is 0 Å². The maximum atomic E-state index is 13.1. The van der Waals surface area contributed by atoms with Gasteiger partial charge in [-0.3, -0.25) is 12.7 Å². The van der Waals surface area contributed by atoms with Gasteiger partial charge in [0.25, 0.3) is 0 Å². The second kappa shape index (κ2) is 5.18. The smallest absolute Gasteiger partial charge is 0.119 e. The zero-order chi connectivity index (χ0) is 12.3. The molecular formula is C15H15BF-. The summed E-state index contributed by atoms with van der Waals surface area (Å²) in [6.45, 7) is 4.07. The summed E-state index contributed by atoms with van der Waals surface area (Å²) in [5.74, 6) is -0.175. The van der Waals surface area contributed by atoms with Crippen molar-refractivity contribution in [2.45, 2.75) is 20.2 Å². The maximum Gasteiger partial charge on any atom is 0.119 e. The predicted molar refractivity (Wildman–Crippen MR) is 71.4 cm³/mol. The monoisotopic (exact) mass is 225 g/mol. The molecule has 0 amide bonds. The van der Waals surface area contributed by atoms with Crippen LogP contribution >= 0.6 is 0 Å². The maximum absolute atomic E-state index is 13.1. The lowest BCUT2D eigenvalue weighted by atomic mass is 9.64. The second-order valence-electron chi connectivity index (χ2n) is 4.39. The van der Waals surface area contributed by atoms with Crippen LogP contribution in [-0.4, -0.2) is 7.28 Å². The van der Waals surface area contributed by atoms with Gasteiger partial charge in [0.15, 0.2) is 0 Å². The van der Waals surface area contributed by atoms with E-state index in [0.717, 1.165) is 17.3 Å². The van der Waals surface area contributed by atoms with Crippen molar-refractivity contribution in [3.05, 3.63) is 65.0 Å². The fourth-order valence-corrected chi connectivity index (χ4v) is 1.78. The van der Waals surface area contributed by atoms with Gasteiger partial charge in [0.2, 0.25) is 0 Å². The number of benzene rings is 2. The van der Waals surface area contributed by atoms with Gasteiger partial charge in [0, 0.05) is 0 Å². The minimum Gasteiger partial charge on any atom is -0.291 e. The van der Waals surface area contributed by atoms with Crippen LogP contribution in [0.2, 0.25) is 0 Å². The SMILES string of the molecule is Cc1ccc(C[B-]c2cc(F)ccc2C)cc1. The molecule has 0 aliphatic rings. The molecule has 2 radical (unpaired) electrons. The first-order valence-corrected chi connectivity index (χ1v) is 5.80. The highest BCUT2D eigenvalue weighted by atomic mass is 19.1. The van der Waals surface area contributed by atoms with E-state index in [1.54, 1.807) is 6.07 Å². The Kier molecular flexibility index (Phi) is 3.63. The minimum absolute atomic E-state index is 0.175. The van der Waals surface area contributed by atoms with Gasteiger partial charge in [-0.25, -0.2) is 10.7 Å². The highest BCUT2D eigenvalue weighted by molar-refractivity contribution is 6.53. The molecule has 2 aromatic rings. The van der Waals surface area contributed by atoms with Gasteiger partial charge in [-0.15, -0.1) is 0 Å². The number of halogens is 1. The molecule has 0 nitrogen and oxygen atoms in total. The Morgan fingerprint density at radius 1 is 1.00 bits per heavy atom. The van der Waals surface area contributed by atoms with Gasteiger partial charge in [-0.05, 0) is 19.9 Å². The first kappa shape index (κ1) is 11.9. The van der Waals surface area contributed by atoms with Crippen molar-refractivity contribution in [1.82, 2.24) is 0 Å². The van der Waals surface area contributed by atoms with Crippen LogP contribution in [0.5, 0.6) is 0 Å². The second-order valence-corrected chi connectivity index (χ2v) is 4.39. The normalized spacial score (nSPS) is 10.5. The summed E-state index contributed by atoms with van der Waals surface area (Å²) in [5.41, 5.74) is 4.60. The Hall–Kier alpha value is -1.57. The summed E-state index contributed by atoms with van der Waals surface area (Å²) in [7, 11) is 2.07. The van der Waals surface area contributed by atoms with E-state index in [2.05, 4.69) is 38.5 Å². The molecule has 0 saturated heterocycles. The standard InChI is InChI=1S/C15H15BF/c1-11-3-6-13(7-4-11)10-16-15-9-14(17)8-5-12(15)2/h3-9H,10H2,1-2H3/q-1. The third kappa shape index (κ3) is 3.19. The van der Waals surface area contributed by atoms with Gasteiger partial charge in [0.1, 0.15) is 5.82 Å². The quantitative estimate of drug-likeness (QED) is 0.704. The van der Waals surface area contributed by atoms with Crippen molar-refractivity contribution < 1.29 is 4.39 Å². The van der Waals surface area contributed by atoms with Gasteiger partial charge in [-0.1, -0.05) is 53.1 Å². The largest absolute Gasteiger partial charge is 0.291 e. The first-order valence-electron chi connectivity index (χ1n) is 5.80. The molecule has 2 aromatic carbocycles. The molecule has 0 spiro atoms. The Morgan fingerprint density at radius 3 is 2.41 bits per heavy atom. The number of aryl methyl sites for hydroxylation is 2. The lowest BCUT2D eigenvalue weighted by molar-refractivity contribution is 0.628. The molecule has 0 N–H and O–H groups in total. The van der Waals surface area contributed by atoms with E-state index in [-0.39, 0.29) is 5.82 Å². The molecule has 0 unspecified atom stereocenters.